The number of carboxylic acid groups (broad SMARTS) is 1. The van der Waals surface area contributed by atoms with Crippen LogP contribution in [0.1, 0.15) is 28.2 Å². The number of thiazole rings is 1. The summed E-state index contributed by atoms with van der Waals surface area (Å²) in [6, 6.07) is 0. The Morgan fingerprint density at radius 2 is 2.22 bits per heavy atom. The average Bonchev–Trinajstić information content (AvgIpc) is 2.70. The van der Waals surface area contributed by atoms with Gasteiger partial charge in [0.05, 0.1) is 5.69 Å². The van der Waals surface area contributed by atoms with Crippen LogP contribution in [-0.2, 0) is 0 Å². The second-order valence-electron chi connectivity index (χ2n) is 4.87. The minimum absolute atomic E-state index is 0.334. The van der Waals surface area contributed by atoms with E-state index in [1.54, 1.807) is 6.92 Å². The van der Waals surface area contributed by atoms with Crippen molar-refractivity contribution < 1.29 is 9.90 Å². The molecule has 1 aliphatic rings. The Morgan fingerprint density at radius 3 is 2.78 bits per heavy atom. The maximum Gasteiger partial charge on any atom is 0.347 e. The summed E-state index contributed by atoms with van der Waals surface area (Å²) in [6.07, 6.45) is 2.39. The zero-order chi connectivity index (χ0) is 13.1. The molecule has 0 amide bonds. The molecule has 0 unspecified atom stereocenters. The normalized spacial score (nSPS) is 17.9. The lowest BCUT2D eigenvalue weighted by atomic mass is 9.97. The van der Waals surface area contributed by atoms with Gasteiger partial charge in [-0.3, -0.25) is 0 Å². The number of aromatic carboxylic acids is 1. The minimum atomic E-state index is -0.891. The number of nitrogens with zero attached hydrogens (tertiary/aromatic N) is 2. The van der Waals surface area contributed by atoms with Crippen molar-refractivity contribution >= 4 is 22.4 Å². The highest BCUT2D eigenvalue weighted by atomic mass is 32.1. The summed E-state index contributed by atoms with van der Waals surface area (Å²) >= 11 is 1.22. The minimum Gasteiger partial charge on any atom is -0.477 e. The Balaban J connectivity index is 1.86. The van der Waals surface area contributed by atoms with Gasteiger partial charge in [-0.05, 0) is 45.8 Å². The first kappa shape index (κ1) is 13.3. The van der Waals surface area contributed by atoms with E-state index in [4.69, 9.17) is 5.11 Å². The Kier molecular flexibility index (Phi) is 4.19. The fourth-order valence-corrected chi connectivity index (χ4v) is 2.98. The molecule has 1 aromatic rings. The lowest BCUT2D eigenvalue weighted by Crippen LogP contribution is -2.32. The lowest BCUT2D eigenvalue weighted by Gasteiger charge is -2.28. The maximum absolute atomic E-state index is 10.9. The second-order valence-corrected chi connectivity index (χ2v) is 5.87. The molecule has 6 heteroatoms. The molecule has 2 rings (SSSR count). The van der Waals surface area contributed by atoms with E-state index in [1.165, 1.54) is 24.2 Å². The molecule has 0 radical (unpaired) electrons. The van der Waals surface area contributed by atoms with Crippen LogP contribution in [0.4, 0.5) is 5.13 Å². The van der Waals surface area contributed by atoms with E-state index in [1.807, 2.05) is 0 Å². The van der Waals surface area contributed by atoms with Gasteiger partial charge in [0.25, 0.3) is 0 Å². The van der Waals surface area contributed by atoms with Gasteiger partial charge in [0.15, 0.2) is 5.13 Å². The molecule has 2 heterocycles. The van der Waals surface area contributed by atoms with E-state index in [2.05, 4.69) is 22.2 Å². The van der Waals surface area contributed by atoms with E-state index in [0.29, 0.717) is 16.5 Å². The number of hydrogen-bond donors (Lipinski definition) is 2. The summed E-state index contributed by atoms with van der Waals surface area (Å²) in [5.41, 5.74) is 0.596. The predicted octanol–water partition coefficient (Wildman–Crippen LogP) is 1.90. The van der Waals surface area contributed by atoms with E-state index < -0.39 is 5.97 Å². The molecule has 0 bridgehead atoms. The summed E-state index contributed by atoms with van der Waals surface area (Å²) in [4.78, 5) is 17.8. The molecule has 100 valence electrons. The van der Waals surface area contributed by atoms with Gasteiger partial charge in [-0.2, -0.15) is 0 Å². The third-order valence-electron chi connectivity index (χ3n) is 3.37. The van der Waals surface area contributed by atoms with Crippen molar-refractivity contribution in [2.45, 2.75) is 19.8 Å². The third-order valence-corrected chi connectivity index (χ3v) is 4.47. The topological polar surface area (TPSA) is 65.5 Å². The summed E-state index contributed by atoms with van der Waals surface area (Å²) in [5.74, 6) is -0.226. The van der Waals surface area contributed by atoms with Crippen molar-refractivity contribution in [1.82, 2.24) is 9.88 Å². The Hall–Kier alpha value is -1.14. The van der Waals surface area contributed by atoms with Crippen molar-refractivity contribution in [2.75, 3.05) is 32.0 Å². The standard InChI is InChI=1S/C12H19N3O2S/c1-8-10(11(16)17)18-12(14-8)13-7-9-3-5-15(2)6-4-9/h9H,3-7H2,1-2H3,(H,13,14)(H,16,17). The molecule has 2 N–H and O–H groups in total. The average molecular weight is 269 g/mol. The van der Waals surface area contributed by atoms with Gasteiger partial charge in [0.2, 0.25) is 0 Å². The first-order valence-electron chi connectivity index (χ1n) is 6.19. The molecule has 0 atom stereocenters. The van der Waals surface area contributed by atoms with Gasteiger partial charge in [0, 0.05) is 6.54 Å². The van der Waals surface area contributed by atoms with Crippen LogP contribution in [-0.4, -0.2) is 47.6 Å². The zero-order valence-corrected chi connectivity index (χ0v) is 11.6. The molecule has 1 aliphatic heterocycles. The van der Waals surface area contributed by atoms with Crippen molar-refractivity contribution in [3.63, 3.8) is 0 Å². The van der Waals surface area contributed by atoms with E-state index >= 15 is 0 Å². The van der Waals surface area contributed by atoms with Crippen molar-refractivity contribution in [2.24, 2.45) is 5.92 Å². The largest absolute Gasteiger partial charge is 0.477 e. The number of likely N-dealkylation sites (tertiary alicyclic amines) is 1. The quantitative estimate of drug-likeness (QED) is 0.874. The van der Waals surface area contributed by atoms with Crippen LogP contribution in [0.5, 0.6) is 0 Å². The Labute approximate surface area is 111 Å². The highest BCUT2D eigenvalue weighted by molar-refractivity contribution is 7.17. The van der Waals surface area contributed by atoms with Crippen molar-refractivity contribution in [1.29, 1.82) is 0 Å². The van der Waals surface area contributed by atoms with E-state index in [0.717, 1.165) is 24.8 Å². The van der Waals surface area contributed by atoms with Crippen LogP contribution in [0.3, 0.4) is 0 Å². The number of aromatic nitrogens is 1. The molecule has 0 saturated carbocycles. The number of carboxylic acids is 1. The number of aryl methyl sites for hydroxylation is 1. The maximum atomic E-state index is 10.9. The van der Waals surface area contributed by atoms with Crippen LogP contribution in [0.15, 0.2) is 0 Å². The zero-order valence-electron chi connectivity index (χ0n) is 10.8. The molecule has 1 fully saturated rings. The molecular weight excluding hydrogens is 250 g/mol. The van der Waals surface area contributed by atoms with Gasteiger partial charge in [-0.1, -0.05) is 11.3 Å². The predicted molar refractivity (Wildman–Crippen MR) is 72.5 cm³/mol. The monoisotopic (exact) mass is 269 g/mol. The van der Waals surface area contributed by atoms with E-state index in [-0.39, 0.29) is 0 Å². The SMILES string of the molecule is Cc1nc(NCC2CCN(C)CC2)sc1C(=O)O. The number of anilines is 1. The fourth-order valence-electron chi connectivity index (χ4n) is 2.17. The number of rotatable bonds is 4. The van der Waals surface area contributed by atoms with E-state index in [9.17, 15) is 4.79 Å². The second kappa shape index (κ2) is 5.67. The van der Waals surface area contributed by atoms with Gasteiger partial charge in [-0.15, -0.1) is 0 Å². The number of hydrogen-bond acceptors (Lipinski definition) is 5. The van der Waals surface area contributed by atoms with Gasteiger partial charge in [0.1, 0.15) is 4.88 Å². The highest BCUT2D eigenvalue weighted by Gasteiger charge is 2.18. The molecular formula is C12H19N3O2S. The van der Waals surface area contributed by atoms with Crippen LogP contribution in [0, 0.1) is 12.8 Å². The molecule has 1 aromatic heterocycles. The molecule has 0 spiro atoms. The van der Waals surface area contributed by atoms with Crippen LogP contribution in [0.2, 0.25) is 0 Å². The van der Waals surface area contributed by atoms with Crippen LogP contribution in [0.25, 0.3) is 0 Å². The molecule has 5 nitrogen and oxygen atoms in total. The molecule has 0 aliphatic carbocycles. The first-order valence-corrected chi connectivity index (χ1v) is 7.01. The van der Waals surface area contributed by atoms with Crippen molar-refractivity contribution in [3.8, 4) is 0 Å². The van der Waals surface area contributed by atoms with Crippen molar-refractivity contribution in [3.05, 3.63) is 10.6 Å². The summed E-state index contributed by atoms with van der Waals surface area (Å²) < 4.78 is 0. The Morgan fingerprint density at radius 1 is 1.56 bits per heavy atom. The Bertz CT molecular complexity index is 425. The van der Waals surface area contributed by atoms with Gasteiger partial charge >= 0.3 is 5.97 Å². The third kappa shape index (κ3) is 3.20. The summed E-state index contributed by atoms with van der Waals surface area (Å²) in [7, 11) is 2.15. The number of piperidine rings is 1. The van der Waals surface area contributed by atoms with Gasteiger partial charge in [-0.25, -0.2) is 9.78 Å². The van der Waals surface area contributed by atoms with Crippen LogP contribution < -0.4 is 5.32 Å². The molecule has 1 saturated heterocycles. The molecule has 18 heavy (non-hydrogen) atoms. The number of carbonyl (C=O) groups is 1. The smallest absolute Gasteiger partial charge is 0.347 e. The molecule has 0 aromatic carbocycles. The fraction of sp³-hybridized carbons (Fsp3) is 0.667. The first-order chi connectivity index (χ1) is 8.56. The summed E-state index contributed by atoms with van der Waals surface area (Å²) in [6.45, 7) is 4.91. The van der Waals surface area contributed by atoms with Gasteiger partial charge < -0.3 is 15.3 Å². The highest BCUT2D eigenvalue weighted by Crippen LogP contribution is 2.24. The van der Waals surface area contributed by atoms with Crippen LogP contribution >= 0.6 is 11.3 Å². The summed E-state index contributed by atoms with van der Waals surface area (Å²) in [5, 5.41) is 13.0. The number of nitrogens with one attached hydrogen (secondary N) is 1. The lowest BCUT2D eigenvalue weighted by molar-refractivity contribution is 0.0701.